The van der Waals surface area contributed by atoms with Gasteiger partial charge in [-0.2, -0.15) is 0 Å². The molecule has 1 N–H and O–H groups in total. The number of hydrogen-bond acceptors (Lipinski definition) is 5. The van der Waals surface area contributed by atoms with Crippen molar-refractivity contribution in [2.45, 2.75) is 20.5 Å². The number of nitrogens with zero attached hydrogens (tertiary/aromatic N) is 1. The van der Waals surface area contributed by atoms with Gasteiger partial charge in [-0.05, 0) is 41.9 Å². The summed E-state index contributed by atoms with van der Waals surface area (Å²) in [4.78, 5) is 15.4. The molecule has 0 aliphatic rings. The van der Waals surface area contributed by atoms with Gasteiger partial charge in [-0.3, -0.25) is 0 Å². The van der Waals surface area contributed by atoms with Crippen molar-refractivity contribution in [1.29, 1.82) is 0 Å². The van der Waals surface area contributed by atoms with Gasteiger partial charge in [0.05, 0.1) is 27.3 Å². The maximum absolute atomic E-state index is 11.1. The number of benzene rings is 1. The Bertz CT molecular complexity index is 656. The lowest BCUT2D eigenvalue weighted by Crippen LogP contribution is -2.04. The van der Waals surface area contributed by atoms with Gasteiger partial charge in [-0.1, -0.05) is 0 Å². The van der Waals surface area contributed by atoms with Gasteiger partial charge in [0.25, 0.3) is 0 Å². The van der Waals surface area contributed by atoms with Crippen LogP contribution < -0.4 is 9.47 Å². The highest BCUT2D eigenvalue weighted by molar-refractivity contribution is 9.10. The van der Waals surface area contributed by atoms with Crippen molar-refractivity contribution in [2.75, 3.05) is 6.61 Å². The molecule has 112 valence electrons. The van der Waals surface area contributed by atoms with Crippen LogP contribution in [0.5, 0.6) is 11.5 Å². The van der Waals surface area contributed by atoms with Crippen molar-refractivity contribution in [1.82, 2.24) is 4.98 Å². The highest BCUT2D eigenvalue weighted by Gasteiger charge is 2.16. The molecule has 2 rings (SSSR count). The SMILES string of the molecule is CCOc1cc(C(=O)O)cc(Br)c1OCc1csc(C)n1. The first-order valence-electron chi connectivity index (χ1n) is 6.24. The van der Waals surface area contributed by atoms with E-state index in [4.69, 9.17) is 14.6 Å². The Kier molecular flexibility index (Phi) is 5.19. The minimum Gasteiger partial charge on any atom is -0.490 e. The maximum Gasteiger partial charge on any atom is 0.335 e. The van der Waals surface area contributed by atoms with E-state index in [1.807, 2.05) is 19.2 Å². The average Bonchev–Trinajstić information content (AvgIpc) is 2.83. The molecule has 0 amide bonds. The zero-order valence-corrected chi connectivity index (χ0v) is 14.0. The first-order valence-corrected chi connectivity index (χ1v) is 7.92. The van der Waals surface area contributed by atoms with E-state index in [1.165, 1.54) is 12.1 Å². The van der Waals surface area contributed by atoms with Crippen molar-refractivity contribution < 1.29 is 19.4 Å². The molecule has 1 heterocycles. The van der Waals surface area contributed by atoms with Gasteiger partial charge >= 0.3 is 5.97 Å². The number of halogens is 1. The van der Waals surface area contributed by atoms with Gasteiger partial charge in [-0.15, -0.1) is 11.3 Å². The molecule has 5 nitrogen and oxygen atoms in total. The molecule has 0 saturated carbocycles. The Morgan fingerprint density at radius 3 is 2.76 bits per heavy atom. The fourth-order valence-corrected chi connectivity index (χ4v) is 2.87. The van der Waals surface area contributed by atoms with E-state index in [2.05, 4.69) is 20.9 Å². The Morgan fingerprint density at radius 1 is 1.43 bits per heavy atom. The van der Waals surface area contributed by atoms with Crippen molar-refractivity contribution in [2.24, 2.45) is 0 Å². The quantitative estimate of drug-likeness (QED) is 0.833. The Hall–Kier alpha value is -1.60. The van der Waals surface area contributed by atoms with Crippen molar-refractivity contribution >= 4 is 33.2 Å². The summed E-state index contributed by atoms with van der Waals surface area (Å²) >= 11 is 4.88. The summed E-state index contributed by atoms with van der Waals surface area (Å²) in [5.41, 5.74) is 0.969. The summed E-state index contributed by atoms with van der Waals surface area (Å²) in [6, 6.07) is 2.95. The summed E-state index contributed by atoms with van der Waals surface area (Å²) < 4.78 is 11.7. The Labute approximate surface area is 134 Å². The van der Waals surface area contributed by atoms with E-state index in [0.717, 1.165) is 10.7 Å². The zero-order chi connectivity index (χ0) is 15.4. The van der Waals surface area contributed by atoms with Crippen LogP contribution in [-0.4, -0.2) is 22.7 Å². The smallest absolute Gasteiger partial charge is 0.335 e. The number of ether oxygens (including phenoxy) is 2. The topological polar surface area (TPSA) is 68.7 Å². The number of carboxylic acids is 1. The minimum atomic E-state index is -1.02. The minimum absolute atomic E-state index is 0.141. The summed E-state index contributed by atoms with van der Waals surface area (Å²) in [5, 5.41) is 12.0. The van der Waals surface area contributed by atoms with Crippen LogP contribution in [0.3, 0.4) is 0 Å². The van der Waals surface area contributed by atoms with E-state index in [9.17, 15) is 4.79 Å². The molecule has 1 aromatic carbocycles. The Balaban J connectivity index is 2.26. The monoisotopic (exact) mass is 371 g/mol. The van der Waals surface area contributed by atoms with E-state index < -0.39 is 5.97 Å². The third-order valence-electron chi connectivity index (χ3n) is 2.59. The summed E-state index contributed by atoms with van der Waals surface area (Å²) in [5.74, 6) is -0.137. The summed E-state index contributed by atoms with van der Waals surface area (Å²) in [7, 11) is 0. The van der Waals surface area contributed by atoms with Crippen LogP contribution >= 0.6 is 27.3 Å². The number of thiazole rings is 1. The van der Waals surface area contributed by atoms with Crippen LogP contribution in [0.1, 0.15) is 28.0 Å². The molecule has 0 spiro atoms. The largest absolute Gasteiger partial charge is 0.490 e. The van der Waals surface area contributed by atoms with E-state index >= 15 is 0 Å². The fourth-order valence-electron chi connectivity index (χ4n) is 1.72. The van der Waals surface area contributed by atoms with Crippen LogP contribution in [0.15, 0.2) is 22.0 Å². The molecule has 0 aliphatic carbocycles. The second-order valence-electron chi connectivity index (χ2n) is 4.17. The van der Waals surface area contributed by atoms with E-state index in [0.29, 0.717) is 29.2 Å². The molecule has 0 saturated heterocycles. The van der Waals surface area contributed by atoms with Gasteiger partial charge in [0, 0.05) is 5.38 Å². The van der Waals surface area contributed by atoms with Gasteiger partial charge in [0.15, 0.2) is 11.5 Å². The number of carbonyl (C=O) groups is 1. The van der Waals surface area contributed by atoms with Crippen molar-refractivity contribution in [3.63, 3.8) is 0 Å². The first-order chi connectivity index (χ1) is 10.0. The molecule has 7 heteroatoms. The highest BCUT2D eigenvalue weighted by Crippen LogP contribution is 2.37. The average molecular weight is 372 g/mol. The number of rotatable bonds is 6. The zero-order valence-electron chi connectivity index (χ0n) is 11.6. The Morgan fingerprint density at radius 2 is 2.19 bits per heavy atom. The molecule has 0 radical (unpaired) electrons. The molecule has 2 aromatic rings. The third-order valence-corrected chi connectivity index (χ3v) is 4.00. The molecule has 0 fully saturated rings. The second kappa shape index (κ2) is 6.91. The van der Waals surface area contributed by atoms with Crippen LogP contribution in [0.2, 0.25) is 0 Å². The van der Waals surface area contributed by atoms with Crippen LogP contribution in [0.4, 0.5) is 0 Å². The van der Waals surface area contributed by atoms with Crippen LogP contribution in [-0.2, 0) is 6.61 Å². The summed E-state index contributed by atoms with van der Waals surface area (Å²) in [6.45, 7) is 4.48. The number of aromatic carboxylic acids is 1. The predicted molar refractivity (Wildman–Crippen MR) is 83.5 cm³/mol. The van der Waals surface area contributed by atoms with Gasteiger partial charge in [0.1, 0.15) is 6.61 Å². The van der Waals surface area contributed by atoms with Crippen molar-refractivity contribution in [3.8, 4) is 11.5 Å². The molecule has 0 aliphatic heterocycles. The molecule has 0 atom stereocenters. The van der Waals surface area contributed by atoms with Crippen LogP contribution in [0, 0.1) is 6.92 Å². The highest BCUT2D eigenvalue weighted by atomic mass is 79.9. The standard InChI is InChI=1S/C14H14BrNO4S/c1-3-19-12-5-9(14(17)18)4-11(15)13(12)20-6-10-7-21-8(2)16-10/h4-5,7H,3,6H2,1-2H3,(H,17,18). The van der Waals surface area contributed by atoms with Gasteiger partial charge < -0.3 is 14.6 Å². The van der Waals surface area contributed by atoms with Gasteiger partial charge in [-0.25, -0.2) is 9.78 Å². The lowest BCUT2D eigenvalue weighted by atomic mass is 10.2. The molecule has 0 bridgehead atoms. The normalized spacial score (nSPS) is 10.4. The molecular formula is C14H14BrNO4S. The lowest BCUT2D eigenvalue weighted by molar-refractivity contribution is 0.0696. The number of carboxylic acid groups (broad SMARTS) is 1. The molecule has 0 unspecified atom stereocenters. The second-order valence-corrected chi connectivity index (χ2v) is 6.09. The van der Waals surface area contributed by atoms with E-state index in [1.54, 1.807) is 11.3 Å². The summed E-state index contributed by atoms with van der Waals surface area (Å²) in [6.07, 6.45) is 0. The van der Waals surface area contributed by atoms with Gasteiger partial charge in [0.2, 0.25) is 0 Å². The van der Waals surface area contributed by atoms with Crippen molar-refractivity contribution in [3.05, 3.63) is 38.3 Å². The fraction of sp³-hybridized carbons (Fsp3) is 0.286. The number of hydrogen-bond donors (Lipinski definition) is 1. The first kappa shape index (κ1) is 15.8. The van der Waals surface area contributed by atoms with Crippen LogP contribution in [0.25, 0.3) is 0 Å². The molecule has 1 aromatic heterocycles. The molecule has 21 heavy (non-hydrogen) atoms. The van der Waals surface area contributed by atoms with E-state index in [-0.39, 0.29) is 5.56 Å². The number of aryl methyl sites for hydroxylation is 1. The number of aromatic nitrogens is 1. The molecular weight excluding hydrogens is 358 g/mol. The maximum atomic E-state index is 11.1. The predicted octanol–water partition coefficient (Wildman–Crippen LogP) is 3.89. The third kappa shape index (κ3) is 3.95. The lowest BCUT2D eigenvalue weighted by Gasteiger charge is -2.14.